The van der Waals surface area contributed by atoms with Crippen molar-refractivity contribution in [3.8, 4) is 0 Å². The molecule has 2 aliphatic rings. The van der Waals surface area contributed by atoms with Gasteiger partial charge >= 0.3 is 5.97 Å². The summed E-state index contributed by atoms with van der Waals surface area (Å²) >= 11 is 3.56. The molecule has 0 spiro atoms. The van der Waals surface area contributed by atoms with E-state index in [-0.39, 0.29) is 0 Å². The van der Waals surface area contributed by atoms with Crippen LogP contribution >= 0.6 is 15.9 Å². The van der Waals surface area contributed by atoms with Crippen LogP contribution in [0, 0.1) is 0 Å². The molecule has 102 valence electrons. The van der Waals surface area contributed by atoms with Crippen LogP contribution in [0.1, 0.15) is 25.8 Å². The van der Waals surface area contributed by atoms with Crippen LogP contribution in [0.2, 0.25) is 0 Å². The molecule has 1 aromatic rings. The van der Waals surface area contributed by atoms with Crippen molar-refractivity contribution < 1.29 is 17.9 Å². The molecular weight excluding hydrogens is 332 g/mol. The van der Waals surface area contributed by atoms with Crippen molar-refractivity contribution in [3.05, 3.63) is 29.8 Å². The highest BCUT2D eigenvalue weighted by Gasteiger charge is 2.74. The Morgan fingerprint density at radius 2 is 2.05 bits per heavy atom. The molecule has 19 heavy (non-hydrogen) atoms. The molecular formula is C13H13BrO4S. The van der Waals surface area contributed by atoms with Gasteiger partial charge in [0.2, 0.25) is 0 Å². The first-order valence-corrected chi connectivity index (χ1v) is 8.29. The lowest BCUT2D eigenvalue weighted by atomic mass is 9.66. The van der Waals surface area contributed by atoms with Crippen LogP contribution in [0.25, 0.3) is 0 Å². The summed E-state index contributed by atoms with van der Waals surface area (Å²) in [4.78, 5) is 11.6. The predicted molar refractivity (Wildman–Crippen MR) is 72.8 cm³/mol. The highest BCUT2D eigenvalue weighted by molar-refractivity contribution is 9.09. The number of halogens is 1. The lowest BCUT2D eigenvalue weighted by molar-refractivity contribution is -0.169. The minimum absolute atomic E-state index is 0.314. The average Bonchev–Trinajstić information content (AvgIpc) is 2.47. The summed E-state index contributed by atoms with van der Waals surface area (Å²) in [6.45, 7) is 3.11. The maximum Gasteiger partial charge on any atom is 0.303 e. The van der Waals surface area contributed by atoms with Gasteiger partial charge in [-0.1, -0.05) is 34.1 Å². The number of hydrogen-bond acceptors (Lipinski definition) is 4. The first kappa shape index (κ1) is 13.1. The summed E-state index contributed by atoms with van der Waals surface area (Å²) in [7, 11) is -3.35. The van der Waals surface area contributed by atoms with E-state index in [0.717, 1.165) is 0 Å². The fourth-order valence-electron chi connectivity index (χ4n) is 3.24. The Kier molecular flexibility index (Phi) is 2.49. The molecule has 0 N–H and O–H groups in total. The Balaban J connectivity index is 2.20. The van der Waals surface area contributed by atoms with Crippen molar-refractivity contribution in [2.75, 3.05) is 0 Å². The van der Waals surface area contributed by atoms with Crippen molar-refractivity contribution >= 4 is 31.7 Å². The fourth-order valence-corrected chi connectivity index (χ4v) is 7.31. The first-order chi connectivity index (χ1) is 8.73. The van der Waals surface area contributed by atoms with E-state index in [1.807, 2.05) is 0 Å². The normalized spacial score (nSPS) is 37.9. The molecule has 1 aliphatic heterocycles. The summed E-state index contributed by atoms with van der Waals surface area (Å²) in [5.74, 6) is -0.401. The van der Waals surface area contributed by atoms with Crippen molar-refractivity contribution in [1.82, 2.24) is 0 Å². The van der Waals surface area contributed by atoms with Crippen LogP contribution in [-0.4, -0.2) is 25.2 Å². The Bertz CT molecular complexity index is 684. The number of carbonyl (C=O) groups excluding carboxylic acids is 1. The van der Waals surface area contributed by atoms with E-state index in [2.05, 4.69) is 15.9 Å². The molecule has 1 fully saturated rings. The van der Waals surface area contributed by atoms with Gasteiger partial charge in [-0.3, -0.25) is 4.79 Å². The van der Waals surface area contributed by atoms with Crippen LogP contribution in [0.15, 0.2) is 29.2 Å². The minimum atomic E-state index is -3.35. The summed E-state index contributed by atoms with van der Waals surface area (Å²) in [6.07, 6.45) is 0.314. The predicted octanol–water partition coefficient (Wildman–Crippen LogP) is 2.16. The van der Waals surface area contributed by atoms with E-state index >= 15 is 0 Å². The van der Waals surface area contributed by atoms with Crippen molar-refractivity contribution in [2.24, 2.45) is 0 Å². The molecule has 3 atom stereocenters. The quantitative estimate of drug-likeness (QED) is 0.578. The molecule has 3 rings (SSSR count). The van der Waals surface area contributed by atoms with E-state index in [0.29, 0.717) is 16.9 Å². The topological polar surface area (TPSA) is 60.4 Å². The lowest BCUT2D eigenvalue weighted by Gasteiger charge is -2.54. The van der Waals surface area contributed by atoms with Crippen molar-refractivity contribution in [1.29, 1.82) is 0 Å². The first-order valence-electron chi connectivity index (χ1n) is 5.95. The number of rotatable bonds is 1. The van der Waals surface area contributed by atoms with Crippen molar-refractivity contribution in [2.45, 2.75) is 40.3 Å². The van der Waals surface area contributed by atoms with E-state index < -0.39 is 31.0 Å². The van der Waals surface area contributed by atoms with Gasteiger partial charge < -0.3 is 4.74 Å². The number of esters is 1. The molecule has 0 amide bonds. The lowest BCUT2D eigenvalue weighted by Crippen LogP contribution is -2.65. The van der Waals surface area contributed by atoms with Gasteiger partial charge in [0.05, 0.1) is 10.1 Å². The van der Waals surface area contributed by atoms with E-state index in [1.165, 1.54) is 6.92 Å². The molecule has 1 aliphatic carbocycles. The van der Waals surface area contributed by atoms with Gasteiger partial charge in [0.15, 0.2) is 9.84 Å². The highest BCUT2D eigenvalue weighted by atomic mass is 79.9. The molecule has 0 unspecified atom stereocenters. The molecule has 6 heteroatoms. The summed E-state index contributed by atoms with van der Waals surface area (Å²) in [6, 6.07) is 6.90. The van der Waals surface area contributed by atoms with E-state index in [9.17, 15) is 13.2 Å². The molecule has 0 bridgehead atoms. The Labute approximate surface area is 120 Å². The minimum Gasteiger partial charge on any atom is -0.458 e. The average molecular weight is 345 g/mol. The smallest absolute Gasteiger partial charge is 0.303 e. The van der Waals surface area contributed by atoms with Gasteiger partial charge in [-0.2, -0.15) is 0 Å². The van der Waals surface area contributed by atoms with Crippen LogP contribution < -0.4 is 0 Å². The number of fused-ring (bicyclic) bond motifs is 3. The van der Waals surface area contributed by atoms with Crippen molar-refractivity contribution in [3.63, 3.8) is 0 Å². The number of benzene rings is 1. The second-order valence-electron chi connectivity index (χ2n) is 5.27. The third-order valence-corrected chi connectivity index (χ3v) is 8.48. The van der Waals surface area contributed by atoms with Gasteiger partial charge in [-0.05, 0) is 18.6 Å². The third kappa shape index (κ3) is 1.39. The number of ether oxygens (including phenoxy) is 1. The van der Waals surface area contributed by atoms with Gasteiger partial charge in [0.1, 0.15) is 9.93 Å². The zero-order valence-corrected chi connectivity index (χ0v) is 12.9. The highest BCUT2D eigenvalue weighted by Crippen LogP contribution is 2.66. The third-order valence-electron chi connectivity index (χ3n) is 4.12. The zero-order valence-electron chi connectivity index (χ0n) is 10.5. The largest absolute Gasteiger partial charge is 0.458 e. The molecule has 0 saturated heterocycles. The standard InChI is InChI=1S/C13H13BrO4S/c1-8(15)18-12(2)7-11-13(12,14)9-5-3-4-6-10(9)19(11,16)17/h3-6,11H,7H2,1-2H3/t11-,12+,13+/m0/s1. The maximum absolute atomic E-state index is 12.5. The SMILES string of the molecule is CC(=O)O[C@]1(C)C[C@H]2[C@]1(Br)c1ccccc1S2(=O)=O. The molecule has 0 radical (unpaired) electrons. The Hall–Kier alpha value is -0.880. The zero-order chi connectivity index (χ0) is 14.1. The number of carbonyl (C=O) groups is 1. The van der Waals surface area contributed by atoms with Gasteiger partial charge in [0.25, 0.3) is 0 Å². The second kappa shape index (κ2) is 3.61. The fraction of sp³-hybridized carbons (Fsp3) is 0.462. The number of hydrogen-bond donors (Lipinski definition) is 0. The molecule has 4 nitrogen and oxygen atoms in total. The molecule has 1 saturated carbocycles. The van der Waals surface area contributed by atoms with Crippen LogP contribution in [-0.2, 0) is 23.7 Å². The molecule has 0 aromatic heterocycles. The second-order valence-corrected chi connectivity index (χ2v) is 8.62. The summed E-state index contributed by atoms with van der Waals surface area (Å²) in [5, 5.41) is -0.568. The maximum atomic E-state index is 12.5. The van der Waals surface area contributed by atoms with Gasteiger partial charge in [-0.25, -0.2) is 8.42 Å². The van der Waals surface area contributed by atoms with E-state index in [4.69, 9.17) is 4.74 Å². The molecule has 1 aromatic carbocycles. The van der Waals surface area contributed by atoms with Gasteiger partial charge in [-0.15, -0.1) is 0 Å². The van der Waals surface area contributed by atoms with Gasteiger partial charge in [0, 0.05) is 13.3 Å². The van der Waals surface area contributed by atoms with Crippen LogP contribution in [0.3, 0.4) is 0 Å². The summed E-state index contributed by atoms with van der Waals surface area (Å²) < 4.78 is 29.5. The monoisotopic (exact) mass is 344 g/mol. The molecule has 1 heterocycles. The Morgan fingerprint density at radius 1 is 1.42 bits per heavy atom. The van der Waals surface area contributed by atoms with Crippen LogP contribution in [0.4, 0.5) is 0 Å². The summed E-state index contributed by atoms with van der Waals surface area (Å²) in [5.41, 5.74) is -0.140. The number of alkyl halides is 1. The van der Waals surface area contributed by atoms with Crippen LogP contribution in [0.5, 0.6) is 0 Å². The van der Waals surface area contributed by atoms with E-state index in [1.54, 1.807) is 31.2 Å². The number of sulfone groups is 1. The Morgan fingerprint density at radius 3 is 2.68 bits per heavy atom.